The van der Waals surface area contributed by atoms with E-state index in [9.17, 15) is 9.59 Å². The second-order valence-electron chi connectivity index (χ2n) is 10.1. The number of benzene rings is 4. The molecule has 0 amide bonds. The number of rotatable bonds is 12. The number of hydrogen-bond donors (Lipinski definition) is 2. The Morgan fingerprint density at radius 3 is 1.51 bits per heavy atom. The molecule has 0 unspecified atom stereocenters. The molecule has 0 fully saturated rings. The third-order valence-electron chi connectivity index (χ3n) is 7.20. The third kappa shape index (κ3) is 6.70. The highest BCUT2D eigenvalue weighted by Gasteiger charge is 2.16. The number of hydrogen-bond acceptors (Lipinski definition) is 10. The van der Waals surface area contributed by atoms with Gasteiger partial charge in [-0.3, -0.25) is 9.59 Å². The monoisotopic (exact) mass is 606 g/mol. The predicted molar refractivity (Wildman–Crippen MR) is 168 cm³/mol. The van der Waals surface area contributed by atoms with Crippen LogP contribution in [0.25, 0.3) is 0 Å². The van der Waals surface area contributed by atoms with E-state index in [4.69, 9.17) is 28.4 Å². The van der Waals surface area contributed by atoms with E-state index in [1.807, 2.05) is 36.4 Å². The summed E-state index contributed by atoms with van der Waals surface area (Å²) in [4.78, 5) is 25.2. The van der Waals surface area contributed by atoms with Crippen molar-refractivity contribution in [3.8, 4) is 34.5 Å². The number of ketones is 2. The predicted octanol–water partition coefficient (Wildman–Crippen LogP) is 6.37. The maximum atomic E-state index is 12.6. The average molecular weight is 607 g/mol. The van der Waals surface area contributed by atoms with Crippen LogP contribution in [0.4, 0.5) is 11.4 Å². The molecule has 0 saturated heterocycles. The van der Waals surface area contributed by atoms with Crippen molar-refractivity contribution in [2.45, 2.75) is 6.42 Å². The van der Waals surface area contributed by atoms with E-state index in [1.54, 1.807) is 63.0 Å². The zero-order valence-corrected chi connectivity index (χ0v) is 24.6. The van der Waals surface area contributed by atoms with E-state index < -0.39 is 0 Å². The fourth-order valence-electron chi connectivity index (χ4n) is 4.87. The average Bonchev–Trinajstić information content (AvgIpc) is 3.74. The lowest BCUT2D eigenvalue weighted by atomic mass is 10.0. The standard InChI is InChI=1S/C35H30N2O8/c1-40-32-16-22(3-7-26(32)36-13-11-28(38)24-5-9-30-34(18-24)44-20-42-30)15-23-4-8-27(33(17-23)41-2)37-14-12-29(39)25-6-10-31-35(19-25)45-21-43-31/h3-14,16-19,36-37H,15,20-21H2,1-2H3/b13-11+,14-12+. The van der Waals surface area contributed by atoms with Gasteiger partial charge in [-0.2, -0.15) is 0 Å². The highest BCUT2D eigenvalue weighted by Crippen LogP contribution is 2.34. The Balaban J connectivity index is 1.06. The lowest BCUT2D eigenvalue weighted by molar-refractivity contribution is 0.103. The summed E-state index contributed by atoms with van der Waals surface area (Å²) in [5.74, 6) is 3.30. The highest BCUT2D eigenvalue weighted by atomic mass is 16.7. The topological polar surface area (TPSA) is 114 Å². The first-order chi connectivity index (χ1) is 22.0. The van der Waals surface area contributed by atoms with Gasteiger partial charge in [0.15, 0.2) is 34.6 Å². The summed E-state index contributed by atoms with van der Waals surface area (Å²) in [6, 6.07) is 21.9. The number of anilines is 2. The van der Waals surface area contributed by atoms with Crippen molar-refractivity contribution >= 4 is 22.9 Å². The fourth-order valence-corrected chi connectivity index (χ4v) is 4.87. The van der Waals surface area contributed by atoms with Gasteiger partial charge in [-0.05, 0) is 78.2 Å². The van der Waals surface area contributed by atoms with E-state index in [0.29, 0.717) is 52.0 Å². The molecule has 2 N–H and O–H groups in total. The number of allylic oxidation sites excluding steroid dienone is 2. The van der Waals surface area contributed by atoms with Crippen molar-refractivity contribution in [2.75, 3.05) is 38.4 Å². The van der Waals surface area contributed by atoms with Gasteiger partial charge in [0.25, 0.3) is 0 Å². The Morgan fingerprint density at radius 1 is 0.622 bits per heavy atom. The number of fused-ring (bicyclic) bond motifs is 2. The van der Waals surface area contributed by atoms with Gasteiger partial charge < -0.3 is 39.1 Å². The minimum absolute atomic E-state index is 0.155. The van der Waals surface area contributed by atoms with Crippen LogP contribution in [-0.2, 0) is 6.42 Å². The Bertz CT molecular complexity index is 1680. The summed E-state index contributed by atoms with van der Waals surface area (Å²) in [7, 11) is 3.19. The summed E-state index contributed by atoms with van der Waals surface area (Å²) in [5, 5.41) is 6.26. The van der Waals surface area contributed by atoms with Crippen LogP contribution in [0.15, 0.2) is 97.3 Å². The molecule has 2 aliphatic rings. The zero-order chi connectivity index (χ0) is 31.2. The summed E-state index contributed by atoms with van der Waals surface area (Å²) in [5.41, 5.74) is 4.49. The molecule has 0 bridgehead atoms. The van der Waals surface area contributed by atoms with Crippen LogP contribution >= 0.6 is 0 Å². The van der Waals surface area contributed by atoms with Crippen molar-refractivity contribution in [3.05, 3.63) is 120 Å². The van der Waals surface area contributed by atoms with Crippen molar-refractivity contribution in [1.29, 1.82) is 0 Å². The molecule has 6 rings (SSSR count). The number of carbonyl (C=O) groups is 2. The second kappa shape index (κ2) is 13.2. The maximum Gasteiger partial charge on any atom is 0.231 e. The molecule has 45 heavy (non-hydrogen) atoms. The molecule has 10 heteroatoms. The van der Waals surface area contributed by atoms with Gasteiger partial charge in [0, 0.05) is 35.7 Å². The molecule has 2 heterocycles. The van der Waals surface area contributed by atoms with Crippen molar-refractivity contribution in [2.24, 2.45) is 0 Å². The van der Waals surface area contributed by atoms with Crippen molar-refractivity contribution < 1.29 is 38.0 Å². The van der Waals surface area contributed by atoms with Crippen LogP contribution in [-0.4, -0.2) is 39.4 Å². The Kier molecular flexibility index (Phi) is 8.54. The molecule has 0 atom stereocenters. The second-order valence-corrected chi connectivity index (χ2v) is 10.1. The van der Waals surface area contributed by atoms with Gasteiger partial charge in [0.2, 0.25) is 13.6 Å². The smallest absolute Gasteiger partial charge is 0.231 e. The first-order valence-electron chi connectivity index (χ1n) is 14.1. The van der Waals surface area contributed by atoms with E-state index in [-0.39, 0.29) is 25.2 Å². The Hall–Kier alpha value is -5.90. The number of nitrogens with one attached hydrogen (secondary N) is 2. The lowest BCUT2D eigenvalue weighted by Gasteiger charge is -2.13. The first-order valence-corrected chi connectivity index (χ1v) is 14.1. The van der Waals surface area contributed by atoms with Crippen LogP contribution < -0.4 is 39.1 Å². The Labute approximate surface area is 259 Å². The van der Waals surface area contributed by atoms with Crippen molar-refractivity contribution in [1.82, 2.24) is 0 Å². The Morgan fingerprint density at radius 2 is 1.07 bits per heavy atom. The minimum atomic E-state index is -0.171. The van der Waals surface area contributed by atoms with Gasteiger partial charge >= 0.3 is 0 Å². The van der Waals surface area contributed by atoms with E-state index in [1.165, 1.54) is 12.2 Å². The van der Waals surface area contributed by atoms with E-state index in [0.717, 1.165) is 22.5 Å². The lowest BCUT2D eigenvalue weighted by Crippen LogP contribution is -1.99. The molecule has 0 aliphatic carbocycles. The summed E-state index contributed by atoms with van der Waals surface area (Å²) >= 11 is 0. The minimum Gasteiger partial charge on any atom is -0.495 e. The van der Waals surface area contributed by atoms with Gasteiger partial charge in [-0.1, -0.05) is 12.1 Å². The quantitative estimate of drug-likeness (QED) is 0.139. The van der Waals surface area contributed by atoms with Gasteiger partial charge in [0.05, 0.1) is 25.6 Å². The summed E-state index contributed by atoms with van der Waals surface area (Å²) in [6.45, 7) is 0.309. The molecule has 0 aromatic heterocycles. The van der Waals surface area contributed by atoms with Gasteiger partial charge in [-0.15, -0.1) is 0 Å². The molecular weight excluding hydrogens is 576 g/mol. The molecular formula is C35H30N2O8. The third-order valence-corrected chi connectivity index (χ3v) is 7.20. The molecule has 4 aromatic rings. The van der Waals surface area contributed by atoms with Gasteiger partial charge in [0.1, 0.15) is 11.5 Å². The maximum absolute atomic E-state index is 12.6. The first kappa shape index (κ1) is 29.2. The molecule has 0 saturated carbocycles. The highest BCUT2D eigenvalue weighted by molar-refractivity contribution is 6.05. The molecule has 4 aromatic carbocycles. The SMILES string of the molecule is COc1cc(Cc2ccc(N/C=C/C(=O)c3ccc4c(c3)OCO4)c(OC)c2)ccc1N/C=C/C(=O)c1ccc2c(c1)OCO2. The van der Waals surface area contributed by atoms with E-state index in [2.05, 4.69) is 10.6 Å². The van der Waals surface area contributed by atoms with Crippen LogP contribution in [0.1, 0.15) is 31.8 Å². The van der Waals surface area contributed by atoms with Crippen LogP contribution in [0.3, 0.4) is 0 Å². The molecule has 10 nitrogen and oxygen atoms in total. The van der Waals surface area contributed by atoms with Crippen LogP contribution in [0, 0.1) is 0 Å². The van der Waals surface area contributed by atoms with E-state index >= 15 is 0 Å². The summed E-state index contributed by atoms with van der Waals surface area (Å²) < 4.78 is 32.5. The normalized spacial score (nSPS) is 12.8. The van der Waals surface area contributed by atoms with Crippen molar-refractivity contribution in [3.63, 3.8) is 0 Å². The fraction of sp³-hybridized carbons (Fsp3) is 0.143. The summed E-state index contributed by atoms with van der Waals surface area (Å²) in [6.07, 6.45) is 6.70. The molecule has 0 radical (unpaired) electrons. The molecule has 228 valence electrons. The molecule has 0 spiro atoms. The van der Waals surface area contributed by atoms with Crippen LogP contribution in [0.2, 0.25) is 0 Å². The zero-order valence-electron chi connectivity index (χ0n) is 24.6. The molecule has 2 aliphatic heterocycles. The largest absolute Gasteiger partial charge is 0.495 e. The number of carbonyl (C=O) groups excluding carboxylic acids is 2. The van der Waals surface area contributed by atoms with Gasteiger partial charge in [-0.25, -0.2) is 0 Å². The van der Waals surface area contributed by atoms with Crippen LogP contribution in [0.5, 0.6) is 34.5 Å². The number of methoxy groups -OCH3 is 2. The number of ether oxygens (including phenoxy) is 6.